The number of carbonyl (C=O) groups excluding carboxylic acids is 1. The average molecular weight is 446 g/mol. The van der Waals surface area contributed by atoms with Crippen LogP contribution in [0.2, 0.25) is 0 Å². The highest BCUT2D eigenvalue weighted by atomic mass is 32.2. The van der Waals surface area contributed by atoms with E-state index < -0.39 is 16.0 Å². The van der Waals surface area contributed by atoms with E-state index in [0.29, 0.717) is 48.2 Å². The van der Waals surface area contributed by atoms with E-state index in [1.807, 2.05) is 31.2 Å². The number of esters is 1. The number of ether oxygens (including phenoxy) is 1. The van der Waals surface area contributed by atoms with Crippen LogP contribution in [0, 0.1) is 6.92 Å². The maximum Gasteiger partial charge on any atom is 0.340 e. The van der Waals surface area contributed by atoms with Gasteiger partial charge in [0.2, 0.25) is 0 Å². The summed E-state index contributed by atoms with van der Waals surface area (Å²) in [5.41, 5.74) is 2.83. The molecule has 0 spiro atoms. The van der Waals surface area contributed by atoms with Gasteiger partial charge in [-0.15, -0.1) is 11.3 Å². The summed E-state index contributed by atoms with van der Waals surface area (Å²) < 4.78 is 32.4. The Balaban J connectivity index is 1.56. The predicted molar refractivity (Wildman–Crippen MR) is 116 cm³/mol. The van der Waals surface area contributed by atoms with Crippen LogP contribution in [0.1, 0.15) is 21.6 Å². The number of thiophene rings is 1. The Bertz CT molecular complexity index is 1170. The van der Waals surface area contributed by atoms with Crippen molar-refractivity contribution in [3.63, 3.8) is 0 Å². The van der Waals surface area contributed by atoms with E-state index in [0.717, 1.165) is 16.5 Å². The van der Waals surface area contributed by atoms with Gasteiger partial charge in [-0.3, -0.25) is 9.88 Å². The normalized spacial score (nSPS) is 16.1. The van der Waals surface area contributed by atoms with Gasteiger partial charge < -0.3 is 4.74 Å². The summed E-state index contributed by atoms with van der Waals surface area (Å²) in [6, 6.07) is 11.1. The van der Waals surface area contributed by atoms with Crippen molar-refractivity contribution < 1.29 is 17.9 Å². The molecule has 9 heteroatoms. The van der Waals surface area contributed by atoms with Crippen molar-refractivity contribution in [2.75, 3.05) is 33.3 Å². The lowest BCUT2D eigenvalue weighted by Crippen LogP contribution is -2.48. The molecule has 7 nitrogen and oxygen atoms in total. The van der Waals surface area contributed by atoms with E-state index in [4.69, 9.17) is 9.72 Å². The van der Waals surface area contributed by atoms with E-state index in [1.54, 1.807) is 17.5 Å². The fourth-order valence-corrected chi connectivity index (χ4v) is 6.37. The summed E-state index contributed by atoms with van der Waals surface area (Å²) in [5.74, 6) is -0.403. The Hall–Kier alpha value is -2.33. The number of piperazine rings is 1. The molecule has 1 fully saturated rings. The molecule has 2 aromatic heterocycles. The van der Waals surface area contributed by atoms with E-state index >= 15 is 0 Å². The number of nitrogens with zero attached hydrogens (tertiary/aromatic N) is 3. The molecule has 1 aliphatic heterocycles. The minimum absolute atomic E-state index is 0.371. The maximum atomic E-state index is 12.7. The number of rotatable bonds is 5. The number of methoxy groups -OCH3 is 1. The van der Waals surface area contributed by atoms with Crippen LogP contribution in [0.25, 0.3) is 10.9 Å². The zero-order valence-electron chi connectivity index (χ0n) is 16.9. The molecule has 0 unspecified atom stereocenters. The summed E-state index contributed by atoms with van der Waals surface area (Å²) in [6.07, 6.45) is 0. The molecule has 0 radical (unpaired) electrons. The third kappa shape index (κ3) is 3.85. The van der Waals surface area contributed by atoms with Gasteiger partial charge in [0.15, 0.2) is 0 Å². The topological polar surface area (TPSA) is 79.8 Å². The number of carbonyl (C=O) groups is 1. The highest BCUT2D eigenvalue weighted by Gasteiger charge is 2.30. The third-order valence-electron chi connectivity index (χ3n) is 5.41. The molecule has 0 amide bonds. The predicted octanol–water partition coefficient (Wildman–Crippen LogP) is 2.90. The highest BCUT2D eigenvalue weighted by Crippen LogP contribution is 2.26. The molecule has 3 aromatic rings. The van der Waals surface area contributed by atoms with Gasteiger partial charge in [0.25, 0.3) is 10.0 Å². The summed E-state index contributed by atoms with van der Waals surface area (Å²) in [4.78, 5) is 19.4. The number of pyridine rings is 1. The van der Waals surface area contributed by atoms with Gasteiger partial charge in [-0.05, 0) is 30.0 Å². The van der Waals surface area contributed by atoms with Crippen molar-refractivity contribution in [3.05, 3.63) is 58.6 Å². The lowest BCUT2D eigenvalue weighted by Gasteiger charge is -2.33. The molecule has 1 aliphatic rings. The van der Waals surface area contributed by atoms with Crippen LogP contribution in [0.3, 0.4) is 0 Å². The Labute approximate surface area is 179 Å². The third-order valence-corrected chi connectivity index (χ3v) is 8.68. The number of aromatic nitrogens is 1. The lowest BCUT2D eigenvalue weighted by molar-refractivity contribution is 0.0596. The van der Waals surface area contributed by atoms with Crippen molar-refractivity contribution in [1.82, 2.24) is 14.2 Å². The van der Waals surface area contributed by atoms with Gasteiger partial charge in [-0.1, -0.05) is 24.3 Å². The molecule has 0 saturated carbocycles. The zero-order chi connectivity index (χ0) is 21.3. The molecule has 30 heavy (non-hydrogen) atoms. The monoisotopic (exact) mass is 445 g/mol. The molecular weight excluding hydrogens is 422 g/mol. The van der Waals surface area contributed by atoms with E-state index in [2.05, 4.69) is 4.90 Å². The Kier molecular flexibility index (Phi) is 5.88. The van der Waals surface area contributed by atoms with Crippen LogP contribution in [0.5, 0.6) is 0 Å². The zero-order valence-corrected chi connectivity index (χ0v) is 18.5. The fraction of sp³-hybridized carbons (Fsp3) is 0.333. The molecule has 3 heterocycles. The standard InChI is InChI=1S/C21H23N3O4S2/c1-15-16-6-3-4-7-17(16)22-18(20(15)21(25)28-2)14-23-9-11-24(12-10-23)30(26,27)19-8-5-13-29-19/h3-8,13H,9-12,14H2,1-2H3. The molecule has 4 rings (SSSR count). The number of benzene rings is 1. The quantitative estimate of drug-likeness (QED) is 0.562. The molecule has 0 atom stereocenters. The minimum atomic E-state index is -3.44. The van der Waals surface area contributed by atoms with Gasteiger partial charge in [-0.2, -0.15) is 4.31 Å². The van der Waals surface area contributed by atoms with Gasteiger partial charge in [0.05, 0.1) is 23.9 Å². The van der Waals surface area contributed by atoms with Crippen LogP contribution < -0.4 is 0 Å². The fourth-order valence-electron chi connectivity index (χ4n) is 3.81. The molecule has 1 saturated heterocycles. The molecule has 0 aliphatic carbocycles. The first-order chi connectivity index (χ1) is 14.4. The maximum absolute atomic E-state index is 12.7. The largest absolute Gasteiger partial charge is 0.465 e. The van der Waals surface area contributed by atoms with Crippen molar-refractivity contribution in [2.45, 2.75) is 17.7 Å². The number of fused-ring (bicyclic) bond motifs is 1. The summed E-state index contributed by atoms with van der Waals surface area (Å²) in [7, 11) is -2.07. The first-order valence-corrected chi connectivity index (χ1v) is 12.0. The number of aryl methyl sites for hydroxylation is 1. The van der Waals surface area contributed by atoms with Crippen LogP contribution in [-0.4, -0.2) is 61.9 Å². The van der Waals surface area contributed by atoms with Crippen molar-refractivity contribution in [3.8, 4) is 0 Å². The second-order valence-corrected chi connectivity index (χ2v) is 10.3. The Morgan fingerprint density at radius 1 is 1.13 bits per heavy atom. The van der Waals surface area contributed by atoms with Crippen molar-refractivity contribution >= 4 is 38.2 Å². The number of para-hydroxylation sites is 1. The van der Waals surface area contributed by atoms with Crippen molar-refractivity contribution in [1.29, 1.82) is 0 Å². The van der Waals surface area contributed by atoms with Gasteiger partial charge in [0.1, 0.15) is 4.21 Å². The SMILES string of the molecule is COC(=O)c1c(CN2CCN(S(=O)(=O)c3cccs3)CC2)nc2ccccc2c1C. The van der Waals surface area contributed by atoms with E-state index in [-0.39, 0.29) is 0 Å². The summed E-state index contributed by atoms with van der Waals surface area (Å²) in [5, 5.41) is 2.69. The Morgan fingerprint density at radius 3 is 2.53 bits per heavy atom. The smallest absolute Gasteiger partial charge is 0.340 e. The van der Waals surface area contributed by atoms with Crippen LogP contribution in [0.15, 0.2) is 46.0 Å². The van der Waals surface area contributed by atoms with E-state index in [9.17, 15) is 13.2 Å². The van der Waals surface area contributed by atoms with E-state index in [1.165, 1.54) is 22.8 Å². The van der Waals surface area contributed by atoms with Gasteiger partial charge >= 0.3 is 5.97 Å². The lowest BCUT2D eigenvalue weighted by atomic mass is 10.0. The molecule has 0 bridgehead atoms. The number of hydrogen-bond acceptors (Lipinski definition) is 7. The Morgan fingerprint density at radius 2 is 1.87 bits per heavy atom. The first kappa shape index (κ1) is 20.9. The minimum Gasteiger partial charge on any atom is -0.465 e. The highest BCUT2D eigenvalue weighted by molar-refractivity contribution is 7.91. The second kappa shape index (κ2) is 8.43. The second-order valence-electron chi connectivity index (χ2n) is 7.18. The van der Waals surface area contributed by atoms with Crippen molar-refractivity contribution in [2.24, 2.45) is 0 Å². The average Bonchev–Trinajstić information content (AvgIpc) is 3.30. The molecular formula is C21H23N3O4S2. The van der Waals surface area contributed by atoms with Crippen LogP contribution >= 0.6 is 11.3 Å². The van der Waals surface area contributed by atoms with Gasteiger partial charge in [-0.25, -0.2) is 13.2 Å². The molecule has 0 N–H and O–H groups in total. The number of hydrogen-bond donors (Lipinski definition) is 0. The van der Waals surface area contributed by atoms with Gasteiger partial charge in [0, 0.05) is 38.1 Å². The van der Waals surface area contributed by atoms with Crippen LogP contribution in [0.4, 0.5) is 0 Å². The molecule has 1 aromatic carbocycles. The first-order valence-electron chi connectivity index (χ1n) is 9.64. The number of sulfonamides is 1. The molecule has 158 valence electrons. The summed E-state index contributed by atoms with van der Waals surface area (Å²) >= 11 is 1.23. The summed E-state index contributed by atoms with van der Waals surface area (Å²) in [6.45, 7) is 4.31. The van der Waals surface area contributed by atoms with Crippen LogP contribution in [-0.2, 0) is 21.3 Å².